The standard InChI is InChI=1S/C11H22N2.C9H20N2.4CH4/c1-7-12-10(3,4)9-11(5,6)13-8-2;1-6-10-8(2)7-9(3)11(4)5;;;;/h7-8H,9H2,1-6H3;6,8-9H,7H2,1-5H3;4*1H4. The van der Waals surface area contributed by atoms with Crippen molar-refractivity contribution in [2.24, 2.45) is 15.0 Å². The largest absolute Gasteiger partial charge is 0.307 e. The van der Waals surface area contributed by atoms with Crippen molar-refractivity contribution in [2.45, 2.75) is 128 Å². The molecular weight excluding hydrogens is 344 g/mol. The normalized spacial score (nSPS) is 13.7. The number of aliphatic imine (C=N–C) groups is 3. The lowest BCUT2D eigenvalue weighted by Gasteiger charge is -2.29. The summed E-state index contributed by atoms with van der Waals surface area (Å²) in [7, 11) is 4.21. The van der Waals surface area contributed by atoms with Crippen molar-refractivity contribution in [3.63, 3.8) is 0 Å². The average Bonchev–Trinajstić information content (AvgIpc) is 2.37. The van der Waals surface area contributed by atoms with Gasteiger partial charge in [0, 0.05) is 12.1 Å². The molecule has 0 saturated carbocycles. The molecule has 0 heterocycles. The first-order chi connectivity index (χ1) is 10.9. The molecule has 0 aromatic heterocycles. The number of rotatable bonds is 8. The Kier molecular flexibility index (Phi) is 30.6. The maximum atomic E-state index is 4.43. The Morgan fingerprint density at radius 2 is 1.11 bits per heavy atom. The van der Waals surface area contributed by atoms with Crippen LogP contribution in [0, 0.1) is 0 Å². The van der Waals surface area contributed by atoms with Crippen LogP contribution in [0.1, 0.15) is 105 Å². The van der Waals surface area contributed by atoms with Gasteiger partial charge in [-0.25, -0.2) is 0 Å². The van der Waals surface area contributed by atoms with E-state index in [0.29, 0.717) is 12.1 Å². The van der Waals surface area contributed by atoms with Crippen LogP contribution in [0.25, 0.3) is 0 Å². The fourth-order valence-electron chi connectivity index (χ4n) is 2.87. The molecule has 28 heavy (non-hydrogen) atoms. The van der Waals surface area contributed by atoms with E-state index in [4.69, 9.17) is 0 Å². The molecule has 0 amide bonds. The summed E-state index contributed by atoms with van der Waals surface area (Å²) in [6.45, 7) is 18.8. The predicted molar refractivity (Wildman–Crippen MR) is 139 cm³/mol. The lowest BCUT2D eigenvalue weighted by atomic mass is 9.88. The van der Waals surface area contributed by atoms with Crippen LogP contribution < -0.4 is 0 Å². The van der Waals surface area contributed by atoms with Crippen molar-refractivity contribution in [1.82, 2.24) is 4.90 Å². The van der Waals surface area contributed by atoms with E-state index in [0.717, 1.165) is 12.8 Å². The Balaban J connectivity index is -0.0000000764. The topological polar surface area (TPSA) is 40.3 Å². The van der Waals surface area contributed by atoms with Crippen LogP contribution in [-0.4, -0.2) is 60.8 Å². The van der Waals surface area contributed by atoms with Gasteiger partial charge in [-0.3, -0.25) is 15.0 Å². The van der Waals surface area contributed by atoms with Gasteiger partial charge in [0.15, 0.2) is 0 Å². The van der Waals surface area contributed by atoms with Crippen molar-refractivity contribution in [1.29, 1.82) is 0 Å². The molecule has 4 nitrogen and oxygen atoms in total. The summed E-state index contributed by atoms with van der Waals surface area (Å²) in [5.74, 6) is 0. The zero-order valence-corrected chi connectivity index (χ0v) is 18.1. The highest BCUT2D eigenvalue weighted by molar-refractivity contribution is 5.55. The molecule has 0 aliphatic carbocycles. The Hall–Kier alpha value is -1.03. The van der Waals surface area contributed by atoms with Crippen molar-refractivity contribution in [3.05, 3.63) is 0 Å². The molecule has 2 atom stereocenters. The second kappa shape index (κ2) is 20.7. The van der Waals surface area contributed by atoms with Crippen molar-refractivity contribution in [2.75, 3.05) is 14.1 Å². The van der Waals surface area contributed by atoms with Gasteiger partial charge in [0.05, 0.1) is 11.1 Å². The highest BCUT2D eigenvalue weighted by Crippen LogP contribution is 2.25. The molecule has 0 fully saturated rings. The Morgan fingerprint density at radius 3 is 1.36 bits per heavy atom. The van der Waals surface area contributed by atoms with E-state index in [1.807, 2.05) is 39.4 Å². The number of hydrogen-bond acceptors (Lipinski definition) is 4. The van der Waals surface area contributed by atoms with E-state index in [-0.39, 0.29) is 40.8 Å². The lowest BCUT2D eigenvalue weighted by molar-refractivity contribution is 0.287. The molecule has 174 valence electrons. The zero-order valence-electron chi connectivity index (χ0n) is 18.1. The van der Waals surface area contributed by atoms with Gasteiger partial charge in [-0.15, -0.1) is 0 Å². The van der Waals surface area contributed by atoms with Crippen molar-refractivity contribution in [3.8, 4) is 0 Å². The molecule has 0 spiro atoms. The summed E-state index contributed by atoms with van der Waals surface area (Å²) in [4.78, 5) is 15.4. The molecule has 0 radical (unpaired) electrons. The Labute approximate surface area is 181 Å². The predicted octanol–water partition coefficient (Wildman–Crippen LogP) is 7.47. The third kappa shape index (κ3) is 25.0. The minimum absolute atomic E-state index is 0. The minimum atomic E-state index is -0.00917. The van der Waals surface area contributed by atoms with E-state index in [1.54, 1.807) is 0 Å². The van der Waals surface area contributed by atoms with Gasteiger partial charge in [0.25, 0.3) is 0 Å². The zero-order chi connectivity index (χ0) is 19.4. The van der Waals surface area contributed by atoms with Crippen LogP contribution in [0.15, 0.2) is 15.0 Å². The van der Waals surface area contributed by atoms with Crippen LogP contribution in [0.4, 0.5) is 0 Å². The van der Waals surface area contributed by atoms with Crippen LogP contribution in [-0.2, 0) is 0 Å². The Morgan fingerprint density at radius 1 is 0.750 bits per heavy atom. The van der Waals surface area contributed by atoms with Gasteiger partial charge in [0.1, 0.15) is 0 Å². The average molecular weight is 403 g/mol. The van der Waals surface area contributed by atoms with E-state index < -0.39 is 0 Å². The lowest BCUT2D eigenvalue weighted by Crippen LogP contribution is -2.30. The maximum Gasteiger partial charge on any atom is 0.0570 e. The van der Waals surface area contributed by atoms with E-state index in [1.165, 1.54) is 0 Å². The van der Waals surface area contributed by atoms with Crippen LogP contribution in [0.5, 0.6) is 0 Å². The third-order valence-electron chi connectivity index (χ3n) is 3.79. The summed E-state index contributed by atoms with van der Waals surface area (Å²) in [6.07, 6.45) is 7.72. The molecule has 4 heteroatoms. The van der Waals surface area contributed by atoms with Gasteiger partial charge in [0.2, 0.25) is 0 Å². The second-order valence-electron chi connectivity index (χ2n) is 7.88. The SMILES string of the molecule is C.C.C.C.CC=NC(C)(C)CC(C)(C)N=CC.CC=NC(C)CC(C)N(C)C. The summed E-state index contributed by atoms with van der Waals surface area (Å²) < 4.78 is 0. The van der Waals surface area contributed by atoms with Gasteiger partial charge < -0.3 is 4.90 Å². The Bertz CT molecular complexity index is 371. The smallest absolute Gasteiger partial charge is 0.0570 e. The van der Waals surface area contributed by atoms with Crippen LogP contribution in [0.2, 0.25) is 0 Å². The fraction of sp³-hybridized carbons (Fsp3) is 0.875. The second-order valence-corrected chi connectivity index (χ2v) is 7.88. The molecule has 0 aliphatic rings. The summed E-state index contributed by atoms with van der Waals surface area (Å²) in [6, 6.07) is 1.08. The quantitative estimate of drug-likeness (QED) is 0.388. The molecule has 0 aromatic rings. The first-order valence-corrected chi connectivity index (χ1v) is 9.04. The molecule has 0 N–H and O–H groups in total. The highest BCUT2D eigenvalue weighted by atomic mass is 15.1. The van der Waals surface area contributed by atoms with Gasteiger partial charge >= 0.3 is 0 Å². The summed E-state index contributed by atoms with van der Waals surface area (Å²) in [5.41, 5.74) is -0.0183. The van der Waals surface area contributed by atoms with Gasteiger partial charge in [-0.05, 0) is 108 Å². The maximum absolute atomic E-state index is 4.43. The molecule has 2 unspecified atom stereocenters. The minimum Gasteiger partial charge on any atom is -0.307 e. The molecule has 0 saturated heterocycles. The molecule has 0 aliphatic heterocycles. The highest BCUT2D eigenvalue weighted by Gasteiger charge is 2.26. The fourth-order valence-corrected chi connectivity index (χ4v) is 2.87. The van der Waals surface area contributed by atoms with Crippen molar-refractivity contribution < 1.29 is 0 Å². The summed E-state index contributed by atoms with van der Waals surface area (Å²) in [5, 5.41) is 0. The van der Waals surface area contributed by atoms with Gasteiger partial charge in [-0.2, -0.15) is 0 Å². The molecule has 0 aromatic carbocycles. The van der Waals surface area contributed by atoms with Crippen LogP contribution >= 0.6 is 0 Å². The number of hydrogen-bond donors (Lipinski definition) is 0. The van der Waals surface area contributed by atoms with E-state index >= 15 is 0 Å². The van der Waals surface area contributed by atoms with E-state index in [9.17, 15) is 0 Å². The molecular formula is C24H58N4. The van der Waals surface area contributed by atoms with Crippen molar-refractivity contribution >= 4 is 18.6 Å². The monoisotopic (exact) mass is 402 g/mol. The van der Waals surface area contributed by atoms with Crippen LogP contribution in [0.3, 0.4) is 0 Å². The number of nitrogens with zero attached hydrogens (tertiary/aromatic N) is 4. The summed E-state index contributed by atoms with van der Waals surface area (Å²) >= 11 is 0. The van der Waals surface area contributed by atoms with Gasteiger partial charge in [-0.1, -0.05) is 29.7 Å². The molecule has 0 rings (SSSR count). The molecule has 0 bridgehead atoms. The first-order valence-electron chi connectivity index (χ1n) is 9.04. The third-order valence-corrected chi connectivity index (χ3v) is 3.79. The van der Waals surface area contributed by atoms with E-state index in [2.05, 4.69) is 75.5 Å². The first kappa shape index (κ1) is 41.4.